The molecule has 0 N–H and O–H groups in total. The van der Waals surface area contributed by atoms with Crippen LogP contribution in [0.15, 0.2) is 72.8 Å². The lowest BCUT2D eigenvalue weighted by atomic mass is 10.2. The molecule has 1 fully saturated rings. The van der Waals surface area contributed by atoms with E-state index in [0.717, 1.165) is 0 Å². The molecule has 1 saturated carbocycles. The Hall–Kier alpha value is -2.08. The van der Waals surface area contributed by atoms with E-state index in [1.807, 2.05) is 36.4 Å². The number of hydrogen-bond donors (Lipinski definition) is 0. The van der Waals surface area contributed by atoms with Crippen LogP contribution in [0.4, 0.5) is 0 Å². The van der Waals surface area contributed by atoms with E-state index in [0.29, 0.717) is 0 Å². The quantitative estimate of drug-likeness (QED) is 0.670. The molecule has 0 saturated heterocycles. The average molecular weight is 234 g/mol. The van der Waals surface area contributed by atoms with Gasteiger partial charge in [0.2, 0.25) is 0 Å². The highest BCUT2D eigenvalue weighted by Crippen LogP contribution is 2.29. The third-order valence-electron chi connectivity index (χ3n) is 2.74. The highest BCUT2D eigenvalue weighted by atomic mass is 14.1. The van der Waals surface area contributed by atoms with Crippen LogP contribution < -0.4 is 0 Å². The number of benzene rings is 2. The molecule has 2 aromatic carbocycles. The Kier molecular flexibility index (Phi) is 4.54. The van der Waals surface area contributed by atoms with Crippen LogP contribution in [0.2, 0.25) is 0 Å². The van der Waals surface area contributed by atoms with Crippen molar-refractivity contribution < 1.29 is 0 Å². The molecule has 0 spiro atoms. The van der Waals surface area contributed by atoms with Crippen LogP contribution >= 0.6 is 0 Å². The predicted molar refractivity (Wildman–Crippen MR) is 80.2 cm³/mol. The van der Waals surface area contributed by atoms with Crippen molar-refractivity contribution in [3.8, 4) is 0 Å². The third kappa shape index (κ3) is 4.42. The first kappa shape index (κ1) is 12.4. The lowest BCUT2D eigenvalue weighted by Gasteiger charge is -1.87. The molecule has 1 aliphatic carbocycles. The summed E-state index contributed by atoms with van der Waals surface area (Å²) in [7, 11) is 0. The molecule has 0 amide bonds. The number of allylic oxidation sites excluding steroid dienone is 1. The van der Waals surface area contributed by atoms with E-state index in [9.17, 15) is 0 Å². The van der Waals surface area contributed by atoms with Crippen molar-refractivity contribution in [3.63, 3.8) is 0 Å². The van der Waals surface area contributed by atoms with Gasteiger partial charge in [-0.2, -0.15) is 0 Å². The molecule has 18 heavy (non-hydrogen) atoms. The van der Waals surface area contributed by atoms with E-state index in [4.69, 9.17) is 0 Å². The lowest BCUT2D eigenvalue weighted by molar-refractivity contribution is 1.50. The Bertz CT molecular complexity index is 500. The van der Waals surface area contributed by atoms with E-state index in [2.05, 4.69) is 43.0 Å². The molecule has 0 unspecified atom stereocenters. The molecule has 1 aliphatic rings. The van der Waals surface area contributed by atoms with Gasteiger partial charge in [-0.25, -0.2) is 0 Å². The van der Waals surface area contributed by atoms with Gasteiger partial charge in [0, 0.05) is 0 Å². The maximum absolute atomic E-state index is 3.63. The maximum Gasteiger partial charge on any atom is -0.0257 e. The monoisotopic (exact) mass is 234 g/mol. The van der Waals surface area contributed by atoms with Gasteiger partial charge in [0.25, 0.3) is 0 Å². The van der Waals surface area contributed by atoms with Crippen LogP contribution in [0.5, 0.6) is 0 Å². The van der Waals surface area contributed by atoms with Crippen molar-refractivity contribution in [2.24, 2.45) is 0 Å². The molecule has 0 heteroatoms. The molecule has 3 rings (SSSR count). The van der Waals surface area contributed by atoms with Gasteiger partial charge in [0.1, 0.15) is 0 Å². The first-order valence-corrected chi connectivity index (χ1v) is 6.30. The standard InChI is InChI=1S/C10H10.C8H8/c1-2-4-9(5-3-1)8-10-6-7-10;1-2-8-6-4-3-5-7-8/h1-5,8H,6-7H2;2-7H,1H2. The highest BCUT2D eigenvalue weighted by molar-refractivity contribution is 5.55. The molecule has 0 radical (unpaired) electrons. The van der Waals surface area contributed by atoms with Gasteiger partial charge >= 0.3 is 0 Å². The third-order valence-corrected chi connectivity index (χ3v) is 2.74. The molecule has 0 atom stereocenters. The highest BCUT2D eigenvalue weighted by Gasteiger charge is 2.09. The van der Waals surface area contributed by atoms with Crippen LogP contribution in [-0.4, -0.2) is 0 Å². The second-order valence-corrected chi connectivity index (χ2v) is 4.33. The van der Waals surface area contributed by atoms with Gasteiger partial charge in [0.15, 0.2) is 0 Å². The van der Waals surface area contributed by atoms with E-state index in [-0.39, 0.29) is 0 Å². The predicted octanol–water partition coefficient (Wildman–Crippen LogP) is 5.19. The zero-order chi connectivity index (χ0) is 12.6. The van der Waals surface area contributed by atoms with Crippen LogP contribution in [0.3, 0.4) is 0 Å². The molecular formula is C18H18. The van der Waals surface area contributed by atoms with E-state index >= 15 is 0 Å². The summed E-state index contributed by atoms with van der Waals surface area (Å²) in [5.41, 5.74) is 4.11. The van der Waals surface area contributed by atoms with Crippen LogP contribution in [0, 0.1) is 0 Å². The summed E-state index contributed by atoms with van der Waals surface area (Å²) in [6.07, 6.45) is 6.74. The second-order valence-electron chi connectivity index (χ2n) is 4.33. The molecular weight excluding hydrogens is 216 g/mol. The summed E-state index contributed by atoms with van der Waals surface area (Å²) < 4.78 is 0. The Morgan fingerprint density at radius 2 is 1.22 bits per heavy atom. The number of hydrogen-bond acceptors (Lipinski definition) is 0. The van der Waals surface area contributed by atoms with Crippen molar-refractivity contribution in [2.45, 2.75) is 12.8 Å². The Morgan fingerprint density at radius 3 is 1.61 bits per heavy atom. The Morgan fingerprint density at radius 1 is 0.722 bits per heavy atom. The van der Waals surface area contributed by atoms with Gasteiger partial charge in [0.05, 0.1) is 0 Å². The molecule has 0 heterocycles. The molecule has 90 valence electrons. The Balaban J connectivity index is 0.000000138. The van der Waals surface area contributed by atoms with E-state index in [1.54, 1.807) is 5.57 Å². The molecule has 0 aliphatic heterocycles. The zero-order valence-electron chi connectivity index (χ0n) is 10.5. The van der Waals surface area contributed by atoms with Crippen molar-refractivity contribution in [3.05, 3.63) is 83.9 Å². The average Bonchev–Trinajstić information content (AvgIpc) is 3.26. The minimum atomic E-state index is 1.17. The first-order chi connectivity index (χ1) is 8.88. The largest absolute Gasteiger partial charge is 0.0985 e. The number of rotatable bonds is 2. The van der Waals surface area contributed by atoms with Gasteiger partial charge in [-0.3, -0.25) is 0 Å². The van der Waals surface area contributed by atoms with Crippen molar-refractivity contribution in [1.82, 2.24) is 0 Å². The fraction of sp³-hybridized carbons (Fsp3) is 0.111. The van der Waals surface area contributed by atoms with Crippen molar-refractivity contribution in [1.29, 1.82) is 0 Å². The van der Waals surface area contributed by atoms with Gasteiger partial charge < -0.3 is 0 Å². The van der Waals surface area contributed by atoms with Crippen LogP contribution in [0.25, 0.3) is 12.2 Å². The molecule has 0 aromatic heterocycles. The summed E-state index contributed by atoms with van der Waals surface area (Å²) in [6, 6.07) is 20.5. The van der Waals surface area contributed by atoms with Gasteiger partial charge in [-0.05, 0) is 24.0 Å². The SMILES string of the molecule is C(=C1CC1)c1ccccc1.C=Cc1ccccc1. The fourth-order valence-electron chi connectivity index (χ4n) is 1.59. The zero-order valence-corrected chi connectivity index (χ0v) is 10.5. The van der Waals surface area contributed by atoms with Crippen LogP contribution in [0.1, 0.15) is 24.0 Å². The summed E-state index contributed by atoms with van der Waals surface area (Å²) in [5.74, 6) is 0. The smallest absolute Gasteiger partial charge is 0.0257 e. The summed E-state index contributed by atoms with van der Waals surface area (Å²) in [6.45, 7) is 3.63. The van der Waals surface area contributed by atoms with Crippen molar-refractivity contribution >= 4 is 12.2 Å². The lowest BCUT2D eigenvalue weighted by Crippen LogP contribution is -1.66. The summed E-state index contributed by atoms with van der Waals surface area (Å²) >= 11 is 0. The van der Waals surface area contributed by atoms with Gasteiger partial charge in [-0.1, -0.05) is 85.0 Å². The fourth-order valence-corrected chi connectivity index (χ4v) is 1.59. The van der Waals surface area contributed by atoms with Gasteiger partial charge in [-0.15, -0.1) is 0 Å². The topological polar surface area (TPSA) is 0 Å². The maximum atomic E-state index is 3.63. The molecule has 2 aromatic rings. The molecule has 0 bridgehead atoms. The summed E-state index contributed by atoms with van der Waals surface area (Å²) in [4.78, 5) is 0. The minimum Gasteiger partial charge on any atom is -0.0985 e. The summed E-state index contributed by atoms with van der Waals surface area (Å²) in [5, 5.41) is 0. The second kappa shape index (κ2) is 6.61. The van der Waals surface area contributed by atoms with Crippen LogP contribution in [-0.2, 0) is 0 Å². The first-order valence-electron chi connectivity index (χ1n) is 6.30. The van der Waals surface area contributed by atoms with Crippen molar-refractivity contribution in [2.75, 3.05) is 0 Å². The Labute approximate surface area is 109 Å². The molecule has 0 nitrogen and oxygen atoms in total. The van der Waals surface area contributed by atoms with E-state index in [1.165, 1.54) is 24.0 Å². The minimum absolute atomic E-state index is 1.17. The van der Waals surface area contributed by atoms with E-state index < -0.39 is 0 Å². The normalized spacial score (nSPS) is 12.1.